The van der Waals surface area contributed by atoms with Crippen LogP contribution in [0, 0.1) is 0 Å². The molecule has 0 saturated carbocycles. The number of rotatable bonds is 3. The number of allylic oxidation sites excluding steroid dienone is 3. The summed E-state index contributed by atoms with van der Waals surface area (Å²) < 4.78 is 0. The normalized spacial score (nSPS) is 29.5. The molecule has 0 heterocycles. The molecule has 2 aliphatic carbocycles. The van der Waals surface area contributed by atoms with Gasteiger partial charge in [0.1, 0.15) is 6.04 Å². The molecule has 2 aliphatic rings. The van der Waals surface area contributed by atoms with Crippen molar-refractivity contribution in [2.24, 2.45) is 9.98 Å². The molecule has 118 valence electrons. The van der Waals surface area contributed by atoms with Gasteiger partial charge >= 0.3 is 0 Å². The second-order valence-corrected chi connectivity index (χ2v) is 6.08. The van der Waals surface area contributed by atoms with Crippen molar-refractivity contribution < 1.29 is 9.59 Å². The molecule has 0 aromatic rings. The maximum Gasteiger partial charge on any atom is 0.240 e. The van der Waals surface area contributed by atoms with Crippen LogP contribution in [0.15, 0.2) is 32.9 Å². The van der Waals surface area contributed by atoms with Gasteiger partial charge in [0.05, 0.1) is 5.70 Å². The summed E-state index contributed by atoms with van der Waals surface area (Å²) in [6, 6.07) is -0.333. The van der Waals surface area contributed by atoms with Crippen LogP contribution in [0.3, 0.4) is 0 Å². The van der Waals surface area contributed by atoms with Crippen molar-refractivity contribution >= 4 is 12.2 Å². The standard InChI is InChI=1S/C18H24N2O2/c21-13-19-17-12-8-4-7-11-16(18(17)20-14-22)15-9-5-2-1-3-6-10-15/h9,17H,1-8,10-12H2/b15-9-,18-16-. The Balaban J connectivity index is 2.45. The lowest BCUT2D eigenvalue weighted by Gasteiger charge is -2.22. The molecule has 0 radical (unpaired) electrons. The molecule has 0 aromatic carbocycles. The van der Waals surface area contributed by atoms with Gasteiger partial charge in [-0.25, -0.2) is 9.59 Å². The largest absolute Gasteiger partial charge is 0.240 e. The third-order valence-corrected chi connectivity index (χ3v) is 4.58. The van der Waals surface area contributed by atoms with Gasteiger partial charge in [-0.3, -0.25) is 0 Å². The van der Waals surface area contributed by atoms with Crippen LogP contribution in [0.5, 0.6) is 0 Å². The maximum absolute atomic E-state index is 10.9. The number of aliphatic imine (C=N–C) groups is 2. The van der Waals surface area contributed by atoms with Gasteiger partial charge in [-0.1, -0.05) is 31.8 Å². The molecule has 1 atom stereocenters. The maximum atomic E-state index is 10.9. The van der Waals surface area contributed by atoms with E-state index < -0.39 is 0 Å². The van der Waals surface area contributed by atoms with E-state index in [-0.39, 0.29) is 6.04 Å². The molecule has 0 aliphatic heterocycles. The van der Waals surface area contributed by atoms with Gasteiger partial charge in [0.15, 0.2) is 0 Å². The molecule has 0 spiro atoms. The Bertz CT molecular complexity index is 535. The quantitative estimate of drug-likeness (QED) is 0.568. The number of nitrogens with zero attached hydrogens (tertiary/aromatic N) is 2. The molecular weight excluding hydrogens is 276 g/mol. The second kappa shape index (κ2) is 9.30. The highest BCUT2D eigenvalue weighted by Gasteiger charge is 2.22. The van der Waals surface area contributed by atoms with Gasteiger partial charge in [0, 0.05) is 0 Å². The van der Waals surface area contributed by atoms with E-state index in [0.717, 1.165) is 50.5 Å². The van der Waals surface area contributed by atoms with Crippen molar-refractivity contribution in [2.45, 2.75) is 76.7 Å². The summed E-state index contributed by atoms with van der Waals surface area (Å²) in [7, 11) is 0. The van der Waals surface area contributed by atoms with Crippen LogP contribution in [0.25, 0.3) is 0 Å². The predicted octanol–water partition coefficient (Wildman–Crippen LogP) is 4.53. The van der Waals surface area contributed by atoms with Crippen molar-refractivity contribution in [1.29, 1.82) is 0 Å². The summed E-state index contributed by atoms with van der Waals surface area (Å²) >= 11 is 0. The van der Waals surface area contributed by atoms with Gasteiger partial charge in [-0.2, -0.15) is 9.98 Å². The zero-order chi connectivity index (χ0) is 15.6. The predicted molar refractivity (Wildman–Crippen MR) is 85.9 cm³/mol. The third-order valence-electron chi connectivity index (χ3n) is 4.58. The molecule has 2 rings (SSSR count). The molecule has 0 aromatic heterocycles. The van der Waals surface area contributed by atoms with E-state index >= 15 is 0 Å². The van der Waals surface area contributed by atoms with Crippen molar-refractivity contribution in [1.82, 2.24) is 0 Å². The first-order valence-electron chi connectivity index (χ1n) is 8.44. The highest BCUT2D eigenvalue weighted by molar-refractivity contribution is 5.46. The number of isocyanates is 2. The fourth-order valence-electron chi connectivity index (χ4n) is 3.45. The van der Waals surface area contributed by atoms with E-state index in [0.29, 0.717) is 5.70 Å². The van der Waals surface area contributed by atoms with E-state index in [2.05, 4.69) is 16.1 Å². The van der Waals surface area contributed by atoms with Crippen molar-refractivity contribution in [3.05, 3.63) is 22.9 Å². The minimum atomic E-state index is -0.333. The molecule has 22 heavy (non-hydrogen) atoms. The van der Waals surface area contributed by atoms with Crippen LogP contribution in [0.4, 0.5) is 0 Å². The lowest BCUT2D eigenvalue weighted by atomic mass is 9.86. The van der Waals surface area contributed by atoms with E-state index in [4.69, 9.17) is 0 Å². The first kappa shape index (κ1) is 16.6. The van der Waals surface area contributed by atoms with E-state index in [1.165, 1.54) is 31.3 Å². The van der Waals surface area contributed by atoms with E-state index in [9.17, 15) is 9.59 Å². The third kappa shape index (κ3) is 4.62. The highest BCUT2D eigenvalue weighted by atomic mass is 16.1. The molecule has 1 unspecified atom stereocenters. The Morgan fingerprint density at radius 3 is 2.50 bits per heavy atom. The highest BCUT2D eigenvalue weighted by Crippen LogP contribution is 2.34. The fraction of sp³-hybridized carbons (Fsp3) is 0.667. The Hall–Kier alpha value is -1.76. The van der Waals surface area contributed by atoms with E-state index in [1.807, 2.05) is 0 Å². The van der Waals surface area contributed by atoms with Gasteiger partial charge in [0.2, 0.25) is 12.2 Å². The van der Waals surface area contributed by atoms with Crippen LogP contribution in [-0.4, -0.2) is 18.2 Å². The van der Waals surface area contributed by atoms with Crippen molar-refractivity contribution in [2.75, 3.05) is 0 Å². The molecule has 0 N–H and O–H groups in total. The summed E-state index contributed by atoms with van der Waals surface area (Å²) in [6.45, 7) is 0. The van der Waals surface area contributed by atoms with Crippen LogP contribution in [-0.2, 0) is 9.59 Å². The molecule has 4 nitrogen and oxygen atoms in total. The van der Waals surface area contributed by atoms with Crippen LogP contribution in [0.2, 0.25) is 0 Å². The zero-order valence-corrected chi connectivity index (χ0v) is 13.1. The Morgan fingerprint density at radius 2 is 1.68 bits per heavy atom. The Morgan fingerprint density at radius 1 is 0.909 bits per heavy atom. The molecular formula is C18H24N2O2. The summed E-state index contributed by atoms with van der Waals surface area (Å²) in [4.78, 5) is 29.5. The second-order valence-electron chi connectivity index (χ2n) is 6.08. The minimum Gasteiger partial charge on any atom is -0.211 e. The molecule has 4 heteroatoms. The lowest BCUT2D eigenvalue weighted by molar-refractivity contribution is 0.534. The number of carbonyl (C=O) groups excluding carboxylic acids is 2. The molecule has 0 fully saturated rings. The zero-order valence-electron chi connectivity index (χ0n) is 13.1. The summed E-state index contributed by atoms with van der Waals surface area (Å²) in [5.41, 5.74) is 3.10. The summed E-state index contributed by atoms with van der Waals surface area (Å²) in [5, 5.41) is 0. The van der Waals surface area contributed by atoms with E-state index in [1.54, 1.807) is 12.2 Å². The van der Waals surface area contributed by atoms with Crippen molar-refractivity contribution in [3.8, 4) is 0 Å². The average molecular weight is 300 g/mol. The summed E-state index contributed by atoms with van der Waals surface area (Å²) in [5.74, 6) is 0. The van der Waals surface area contributed by atoms with Gasteiger partial charge in [0.25, 0.3) is 0 Å². The van der Waals surface area contributed by atoms with Crippen LogP contribution >= 0.6 is 0 Å². The smallest absolute Gasteiger partial charge is 0.211 e. The van der Waals surface area contributed by atoms with Gasteiger partial charge in [-0.05, 0) is 56.1 Å². The fourth-order valence-corrected chi connectivity index (χ4v) is 3.45. The Labute approximate surface area is 132 Å². The van der Waals surface area contributed by atoms with Gasteiger partial charge < -0.3 is 0 Å². The average Bonchev–Trinajstić information content (AvgIpc) is 2.47. The lowest BCUT2D eigenvalue weighted by Crippen LogP contribution is -2.13. The number of hydrogen-bond donors (Lipinski definition) is 0. The monoisotopic (exact) mass is 300 g/mol. The van der Waals surface area contributed by atoms with Gasteiger partial charge in [-0.15, -0.1) is 0 Å². The molecule has 0 saturated heterocycles. The SMILES string of the molecule is O=C=N/C1=C(\C2=C/CCCCCC2)CCCCCC1N=C=O. The van der Waals surface area contributed by atoms with Crippen molar-refractivity contribution in [3.63, 3.8) is 0 Å². The molecule has 0 amide bonds. The molecule has 0 bridgehead atoms. The minimum absolute atomic E-state index is 0.333. The summed E-state index contributed by atoms with van der Waals surface area (Å²) in [6.07, 6.45) is 17.6. The number of hydrogen-bond acceptors (Lipinski definition) is 4. The topological polar surface area (TPSA) is 58.9 Å². The first-order valence-corrected chi connectivity index (χ1v) is 8.44. The van der Waals surface area contributed by atoms with Crippen LogP contribution in [0.1, 0.15) is 70.6 Å². The Kier molecular flexibility index (Phi) is 7.02. The first-order chi connectivity index (χ1) is 10.9. The van der Waals surface area contributed by atoms with Crippen LogP contribution < -0.4 is 0 Å².